The van der Waals surface area contributed by atoms with Gasteiger partial charge in [0.1, 0.15) is 13.2 Å². The van der Waals surface area contributed by atoms with Crippen molar-refractivity contribution in [2.24, 2.45) is 0 Å². The highest BCUT2D eigenvalue weighted by Crippen LogP contribution is 2.44. The molecule has 17 heteroatoms. The van der Waals surface area contributed by atoms with Crippen molar-refractivity contribution in [3.05, 3.63) is 59.7 Å². The molecule has 2 aromatic rings. The first-order chi connectivity index (χ1) is 32.6. The van der Waals surface area contributed by atoms with Crippen molar-refractivity contribution in [1.29, 1.82) is 0 Å². The number of nitrogens with zero attached hydrogens (tertiary/aromatic N) is 1. The number of likely N-dealkylation sites (N-methyl/N-ethyl adjacent to an activating group) is 1. The molecule has 0 radical (unpaired) electrons. The lowest BCUT2D eigenvalue weighted by molar-refractivity contribution is -0.145. The standard InChI is InChI=1S/C49H79NO16/c1-3-4-5-6-15-48(51)65-41-40-64-39-38-63-37-36-62-35-34-61-33-32-60-31-30-59-29-28-58-27-26-57-25-24-56-23-22-55-21-20-54-19-18-53-17-16-50(2)49(52)66-42-47-45-13-9-7-11-43(45)44-12-8-10-14-46(44)47/h7-14,47H,3-6,15-42H2,1-2H3. The quantitative estimate of drug-likeness (QED) is 0.0596. The van der Waals surface area contributed by atoms with Crippen LogP contribution in [0.1, 0.15) is 56.1 Å². The Morgan fingerprint density at radius 2 is 0.758 bits per heavy atom. The molecule has 0 fully saturated rings. The van der Waals surface area contributed by atoms with Crippen molar-refractivity contribution in [1.82, 2.24) is 4.90 Å². The second kappa shape index (κ2) is 40.7. The molecule has 1 aliphatic carbocycles. The predicted molar refractivity (Wildman–Crippen MR) is 247 cm³/mol. The summed E-state index contributed by atoms with van der Waals surface area (Å²) in [6, 6.07) is 16.6. The molecule has 0 atom stereocenters. The van der Waals surface area contributed by atoms with E-state index < -0.39 is 0 Å². The van der Waals surface area contributed by atoms with Gasteiger partial charge in [0.05, 0.1) is 159 Å². The Morgan fingerprint density at radius 1 is 0.424 bits per heavy atom. The van der Waals surface area contributed by atoms with E-state index in [-0.39, 0.29) is 24.6 Å². The summed E-state index contributed by atoms with van der Waals surface area (Å²) in [6.45, 7) is 14.3. The van der Waals surface area contributed by atoms with Crippen molar-refractivity contribution in [3.63, 3.8) is 0 Å². The number of ether oxygens (including phenoxy) is 14. The van der Waals surface area contributed by atoms with Crippen LogP contribution in [-0.2, 0) is 71.1 Å². The lowest BCUT2D eigenvalue weighted by Crippen LogP contribution is -2.32. The molecule has 376 valence electrons. The fourth-order valence-electron chi connectivity index (χ4n) is 6.50. The van der Waals surface area contributed by atoms with E-state index in [0.717, 1.165) is 25.7 Å². The SMILES string of the molecule is CCCCCCC(=O)OCCOCCOCCOCCOCCOCCOCCOCCOCCOCCOCCOCCOCCN(C)C(=O)OCC1c2ccccc2-c2ccccc21. The van der Waals surface area contributed by atoms with Crippen molar-refractivity contribution >= 4 is 12.1 Å². The number of benzene rings is 2. The zero-order valence-corrected chi connectivity index (χ0v) is 39.8. The average molecular weight is 938 g/mol. The van der Waals surface area contributed by atoms with E-state index in [0.29, 0.717) is 178 Å². The Bertz CT molecular complexity index is 1420. The van der Waals surface area contributed by atoms with Crippen molar-refractivity contribution in [3.8, 4) is 11.1 Å². The molecule has 0 saturated heterocycles. The number of fused-ring (bicyclic) bond motifs is 3. The minimum Gasteiger partial charge on any atom is -0.463 e. The summed E-state index contributed by atoms with van der Waals surface area (Å²) in [5, 5.41) is 0. The fourth-order valence-corrected chi connectivity index (χ4v) is 6.50. The number of unbranched alkanes of at least 4 members (excludes halogenated alkanes) is 3. The molecule has 17 nitrogen and oxygen atoms in total. The van der Waals surface area contributed by atoms with Gasteiger partial charge in [-0.1, -0.05) is 74.7 Å². The van der Waals surface area contributed by atoms with Crippen LogP contribution in [0.15, 0.2) is 48.5 Å². The average Bonchev–Trinajstić information content (AvgIpc) is 3.66. The molecule has 0 aromatic heterocycles. The highest BCUT2D eigenvalue weighted by atomic mass is 16.6. The van der Waals surface area contributed by atoms with Crippen LogP contribution in [0.3, 0.4) is 0 Å². The van der Waals surface area contributed by atoms with E-state index in [1.807, 2.05) is 24.3 Å². The highest BCUT2D eigenvalue weighted by molar-refractivity contribution is 5.79. The van der Waals surface area contributed by atoms with Crippen LogP contribution in [0.5, 0.6) is 0 Å². The zero-order valence-electron chi connectivity index (χ0n) is 39.8. The maximum Gasteiger partial charge on any atom is 0.409 e. The Labute approximate surface area is 393 Å². The monoisotopic (exact) mass is 938 g/mol. The third-order valence-corrected chi connectivity index (χ3v) is 10.0. The first-order valence-corrected chi connectivity index (χ1v) is 23.8. The highest BCUT2D eigenvalue weighted by Gasteiger charge is 2.29. The smallest absolute Gasteiger partial charge is 0.409 e. The summed E-state index contributed by atoms with van der Waals surface area (Å²) in [6.07, 6.45) is 4.36. The van der Waals surface area contributed by atoms with Gasteiger partial charge in [-0.3, -0.25) is 4.79 Å². The van der Waals surface area contributed by atoms with Crippen LogP contribution in [0.2, 0.25) is 0 Å². The molecule has 1 amide bonds. The molecule has 0 bridgehead atoms. The van der Waals surface area contributed by atoms with Crippen LogP contribution in [0.4, 0.5) is 4.79 Å². The van der Waals surface area contributed by atoms with E-state index in [1.54, 1.807) is 7.05 Å². The maximum atomic E-state index is 12.6. The molecular formula is C49H79NO16. The maximum absolute atomic E-state index is 12.6. The summed E-state index contributed by atoms with van der Waals surface area (Å²) in [5.74, 6) is -0.124. The Morgan fingerprint density at radius 3 is 1.12 bits per heavy atom. The molecule has 0 heterocycles. The Kier molecular flexibility index (Phi) is 35.2. The van der Waals surface area contributed by atoms with Crippen LogP contribution in [0.25, 0.3) is 11.1 Å². The lowest BCUT2D eigenvalue weighted by atomic mass is 9.98. The molecular weight excluding hydrogens is 859 g/mol. The topological polar surface area (TPSA) is 167 Å². The second-order valence-corrected chi connectivity index (χ2v) is 15.1. The normalized spacial score (nSPS) is 12.1. The van der Waals surface area contributed by atoms with Crippen LogP contribution >= 0.6 is 0 Å². The number of hydrogen-bond donors (Lipinski definition) is 0. The number of rotatable bonds is 46. The molecule has 3 rings (SSSR count). The molecule has 0 saturated carbocycles. The van der Waals surface area contributed by atoms with E-state index in [2.05, 4.69) is 31.2 Å². The molecule has 1 aliphatic rings. The first kappa shape index (κ1) is 57.0. The third-order valence-electron chi connectivity index (χ3n) is 10.0. The fraction of sp³-hybridized carbons (Fsp3) is 0.714. The molecule has 0 unspecified atom stereocenters. The molecule has 0 aliphatic heterocycles. The lowest BCUT2D eigenvalue weighted by Gasteiger charge is -2.19. The Balaban J connectivity index is 0.922. The summed E-state index contributed by atoms with van der Waals surface area (Å²) >= 11 is 0. The van der Waals surface area contributed by atoms with E-state index >= 15 is 0 Å². The number of carbonyl (C=O) groups excluding carboxylic acids is 2. The van der Waals surface area contributed by atoms with Gasteiger partial charge in [-0.05, 0) is 28.7 Å². The van der Waals surface area contributed by atoms with E-state index in [4.69, 9.17) is 66.3 Å². The van der Waals surface area contributed by atoms with E-state index in [9.17, 15) is 9.59 Å². The molecule has 66 heavy (non-hydrogen) atoms. The number of esters is 1. The van der Waals surface area contributed by atoms with Crippen LogP contribution < -0.4 is 0 Å². The van der Waals surface area contributed by atoms with Gasteiger partial charge >= 0.3 is 12.1 Å². The van der Waals surface area contributed by atoms with Crippen LogP contribution in [0, 0.1) is 0 Å². The minimum absolute atomic E-state index is 0.0332. The van der Waals surface area contributed by atoms with Gasteiger partial charge in [0, 0.05) is 25.9 Å². The van der Waals surface area contributed by atoms with E-state index in [1.165, 1.54) is 27.2 Å². The number of carbonyl (C=O) groups is 2. The zero-order chi connectivity index (χ0) is 46.8. The minimum atomic E-state index is -0.368. The summed E-state index contributed by atoms with van der Waals surface area (Å²) in [7, 11) is 1.71. The third kappa shape index (κ3) is 28.1. The Hall–Kier alpha value is -3.30. The van der Waals surface area contributed by atoms with Crippen molar-refractivity contribution < 1.29 is 75.9 Å². The van der Waals surface area contributed by atoms with Gasteiger partial charge in [0.2, 0.25) is 0 Å². The van der Waals surface area contributed by atoms with Crippen LogP contribution in [-0.4, -0.2) is 202 Å². The predicted octanol–water partition coefficient (Wildman–Crippen LogP) is 5.58. The molecule has 2 aromatic carbocycles. The molecule has 0 N–H and O–H groups in total. The summed E-state index contributed by atoms with van der Waals surface area (Å²) < 4.78 is 77.0. The number of amides is 1. The first-order valence-electron chi connectivity index (χ1n) is 23.8. The summed E-state index contributed by atoms with van der Waals surface area (Å²) in [5.41, 5.74) is 4.78. The van der Waals surface area contributed by atoms with Crippen molar-refractivity contribution in [2.45, 2.75) is 44.9 Å². The van der Waals surface area contributed by atoms with Gasteiger partial charge in [0.15, 0.2) is 0 Å². The van der Waals surface area contributed by atoms with Gasteiger partial charge in [-0.15, -0.1) is 0 Å². The van der Waals surface area contributed by atoms with Gasteiger partial charge in [0.25, 0.3) is 0 Å². The van der Waals surface area contributed by atoms with Gasteiger partial charge in [-0.2, -0.15) is 0 Å². The molecule has 0 spiro atoms. The number of hydrogen-bond acceptors (Lipinski definition) is 16. The van der Waals surface area contributed by atoms with Gasteiger partial charge < -0.3 is 71.2 Å². The second-order valence-electron chi connectivity index (χ2n) is 15.1. The van der Waals surface area contributed by atoms with Gasteiger partial charge in [-0.25, -0.2) is 4.79 Å². The summed E-state index contributed by atoms with van der Waals surface area (Å²) in [4.78, 5) is 25.8. The largest absolute Gasteiger partial charge is 0.463 e. The van der Waals surface area contributed by atoms with Crippen molar-refractivity contribution in [2.75, 3.05) is 185 Å².